The van der Waals surface area contributed by atoms with Gasteiger partial charge >= 0.3 is 5.97 Å². The average molecular weight is 1950 g/mol. The Balaban J connectivity index is 0.000000132. The van der Waals surface area contributed by atoms with Crippen molar-refractivity contribution >= 4 is 116 Å². The Bertz CT molecular complexity index is 7870. The third-order valence-corrected chi connectivity index (χ3v) is 26.7. The number of aliphatic carboxylic acids is 1. The number of carboxylic acid groups (broad SMARTS) is 1. The predicted octanol–water partition coefficient (Wildman–Crippen LogP) is 26.0. The lowest BCUT2D eigenvalue weighted by molar-refractivity contribution is -0.160. The fourth-order valence-corrected chi connectivity index (χ4v) is 20.4. The molecule has 1 unspecified atom stereocenters. The van der Waals surface area contributed by atoms with E-state index in [0.29, 0.717) is 78.4 Å². The molecule has 0 radical (unpaired) electrons. The van der Waals surface area contributed by atoms with Crippen molar-refractivity contribution in [1.82, 2.24) is 39.9 Å². The molecule has 24 nitrogen and oxygen atoms in total. The van der Waals surface area contributed by atoms with Gasteiger partial charge in [-0.2, -0.15) is 0 Å². The first-order valence-electron chi connectivity index (χ1n) is 49.6. The quantitative estimate of drug-likeness (QED) is 0.0631. The molecule has 0 bridgehead atoms. The van der Waals surface area contributed by atoms with Crippen LogP contribution in [0.4, 0.5) is 0 Å². The number of carbonyl (C=O) groups is 5. The van der Waals surface area contributed by atoms with E-state index in [1.54, 1.807) is 40.0 Å². The average Bonchev–Trinajstić information content (AvgIpc) is 1.65. The SMILES string of the molecule is C.CC(=O)[C@@H](OC(C)(C)C)c1c(C)cc2nc(C(C)O)ccc2c1-c1ccc2c3c(ccnc13)CCO2.CC(=O)[C@@H](OC(C)(C)C)c1c(C)cc2nc(C)ccc2c1-c1ccc2c3c(ccnc13)CCO2.CC(=O)[C@@H](OC(C)(C)C)c1c(C)cc2nc(OCC3CC3)ccc2c1-c1ccc2c3c(ccnc13)CCO2.CC(=O)c1ccc2c(-c3ccc4c5c(ccnc35)CCO4)c([C@H](OC(C)(C)C)C(=O)O)c(C)cc2n1. The van der Waals surface area contributed by atoms with Gasteiger partial charge in [0, 0.05) is 140 Å². The van der Waals surface area contributed by atoms with Gasteiger partial charge in [-0.05, 0) is 375 Å². The van der Waals surface area contributed by atoms with E-state index in [2.05, 4.69) is 47.4 Å². The zero-order chi connectivity index (χ0) is 102. The van der Waals surface area contributed by atoms with Crippen LogP contribution in [0.2, 0.25) is 0 Å². The van der Waals surface area contributed by atoms with Crippen LogP contribution in [-0.2, 0) is 63.8 Å². The number of aliphatic hydroxyl groups excluding tert-OH is 1. The highest BCUT2D eigenvalue weighted by Gasteiger charge is 2.39. The maximum Gasteiger partial charge on any atom is 0.337 e. The maximum atomic E-state index is 13.1. The lowest BCUT2D eigenvalue weighted by Crippen LogP contribution is -2.28. The Morgan fingerprint density at radius 1 is 0.379 bits per heavy atom. The van der Waals surface area contributed by atoms with E-state index >= 15 is 0 Å². The number of hydrogen-bond donors (Lipinski definition) is 2. The molecule has 0 saturated heterocycles. The Morgan fingerprint density at radius 3 is 1.00 bits per heavy atom. The molecule has 1 fully saturated rings. The van der Waals surface area contributed by atoms with Crippen molar-refractivity contribution in [3.05, 3.63) is 254 Å². The third kappa shape index (κ3) is 21.1. The molecule has 12 heterocycles. The first-order chi connectivity index (χ1) is 68.4. The number of nitrogens with zero attached hydrogens (tertiary/aromatic N) is 8. The van der Waals surface area contributed by atoms with Crippen LogP contribution in [-0.4, -0.2) is 135 Å². The molecule has 8 aromatic carbocycles. The van der Waals surface area contributed by atoms with E-state index in [0.717, 1.165) is 214 Å². The molecule has 8 aromatic heterocycles. The molecule has 0 spiro atoms. The second-order valence-corrected chi connectivity index (χ2v) is 42.4. The van der Waals surface area contributed by atoms with Crippen LogP contribution >= 0.6 is 0 Å². The fourth-order valence-electron chi connectivity index (χ4n) is 20.4. The highest BCUT2D eigenvalue weighted by molar-refractivity contribution is 6.14. The van der Waals surface area contributed by atoms with Crippen molar-refractivity contribution in [2.45, 2.75) is 251 Å². The van der Waals surface area contributed by atoms with Gasteiger partial charge < -0.3 is 52.8 Å². The number of aromatic nitrogens is 8. The number of aliphatic hydroxyl groups is 1. The minimum absolute atomic E-state index is 0. The van der Waals surface area contributed by atoms with Crippen molar-refractivity contribution in [3.8, 4) is 73.4 Å². The first-order valence-corrected chi connectivity index (χ1v) is 49.6. The lowest BCUT2D eigenvalue weighted by atomic mass is 9.85. The molecule has 16 aromatic rings. The van der Waals surface area contributed by atoms with Crippen LogP contribution in [0.15, 0.2) is 170 Å². The number of aryl methyl sites for hydroxylation is 5. The van der Waals surface area contributed by atoms with Gasteiger partial charge in [0.15, 0.2) is 29.2 Å². The van der Waals surface area contributed by atoms with Gasteiger partial charge in [0.05, 0.1) is 111 Å². The standard InChI is InChI=1S/C32H34N2O4.C30H32N2O4.C29H28N2O5.C29H30N2O3.CH4/c1-18-16-24-22(9-11-26(34-24)37-17-20-6-7-20)29(27(18)31(19(2)35)38-32(3,4)5)23-8-10-25-28-21(13-15-36-25)12-14-33-30(23)28;1-16-15-23-20(7-9-22(32-23)17(2)33)27(25(16)29(18(3)34)36-30(4,5)6)21-8-10-24-26-19(12-14-35-24)11-13-31-28(21)26;1-15-14-21-18(6-8-20(31-21)16(2)32)25(23(15)27(28(33)34)36-29(3,4)5)19-7-9-22-24-17(11-13-35-22)10-12-30-26(19)24;1-16-15-22-20(8-7-17(2)31-22)26(24(16)28(18(3)32)34-29(4,5)6)21-9-10-23-25-19(12-14-33-23)11-13-30-27(21)25;/h8-12,14,16,20,31H,6-7,13,15,17H2,1-5H3;7-11,13,15,17,29,33H,12,14H2,1-6H3;6-10,12,14,27H,11,13H2,1-5H3,(H,33,34);7-11,13,15,28H,12,14H2,1-6H3;1H4/t31-;17?,29-;27-;28-;/m1101./s1. The molecule has 1 saturated carbocycles. The van der Waals surface area contributed by atoms with E-state index in [9.17, 15) is 34.2 Å². The van der Waals surface area contributed by atoms with Gasteiger partial charge in [0.2, 0.25) is 5.88 Å². The van der Waals surface area contributed by atoms with Crippen LogP contribution in [0, 0.1) is 40.5 Å². The van der Waals surface area contributed by atoms with Crippen molar-refractivity contribution in [2.24, 2.45) is 5.92 Å². The molecule has 2 N–H and O–H groups in total. The van der Waals surface area contributed by atoms with E-state index in [-0.39, 0.29) is 30.6 Å². The summed E-state index contributed by atoms with van der Waals surface area (Å²) in [7, 11) is 0. The van der Waals surface area contributed by atoms with Crippen LogP contribution in [0.1, 0.15) is 257 Å². The number of pyridine rings is 8. The van der Waals surface area contributed by atoms with Gasteiger partial charge in [0.25, 0.3) is 0 Å². The number of carboxylic acids is 1. The summed E-state index contributed by atoms with van der Waals surface area (Å²) in [4.78, 5) is 102. The zero-order valence-electron chi connectivity index (χ0n) is 86.1. The smallest absolute Gasteiger partial charge is 0.337 e. The number of benzene rings is 8. The number of ketones is 4. The summed E-state index contributed by atoms with van der Waals surface area (Å²) in [5.41, 5.74) is 24.4. The van der Waals surface area contributed by atoms with Gasteiger partial charge in [-0.1, -0.05) is 19.6 Å². The van der Waals surface area contributed by atoms with Crippen LogP contribution in [0.3, 0.4) is 0 Å². The number of carbonyl (C=O) groups excluding carboxylic acids is 4. The summed E-state index contributed by atoms with van der Waals surface area (Å²) in [5, 5.41) is 28.0. The molecule has 5 atom stereocenters. The molecule has 4 aliphatic heterocycles. The third-order valence-electron chi connectivity index (χ3n) is 26.7. The van der Waals surface area contributed by atoms with Crippen LogP contribution in [0.25, 0.3) is 132 Å². The monoisotopic (exact) mass is 1950 g/mol. The summed E-state index contributed by atoms with van der Waals surface area (Å²) in [5.74, 6) is 3.20. The number of rotatable bonds is 21. The highest BCUT2D eigenvalue weighted by Crippen LogP contribution is 2.53. The molecule has 24 heteroatoms. The molecule has 1 aliphatic carbocycles. The van der Waals surface area contributed by atoms with Crippen molar-refractivity contribution in [3.63, 3.8) is 0 Å². The van der Waals surface area contributed by atoms with Gasteiger partial charge in [-0.15, -0.1) is 0 Å². The Morgan fingerprint density at radius 2 is 0.683 bits per heavy atom. The normalized spacial score (nSPS) is 14.8. The number of hydrogen-bond acceptors (Lipinski definition) is 23. The predicted molar refractivity (Wildman–Crippen MR) is 570 cm³/mol. The fraction of sp³-hybridized carbons (Fsp3) is 0.364. The van der Waals surface area contributed by atoms with E-state index in [1.807, 2.05) is 233 Å². The zero-order valence-corrected chi connectivity index (χ0v) is 86.1. The summed E-state index contributed by atoms with van der Waals surface area (Å²) in [6.07, 6.45) is 8.96. The van der Waals surface area contributed by atoms with Gasteiger partial charge in [-0.3, -0.25) is 49.1 Å². The van der Waals surface area contributed by atoms with Crippen molar-refractivity contribution in [1.29, 1.82) is 0 Å². The van der Waals surface area contributed by atoms with Crippen LogP contribution in [0.5, 0.6) is 28.9 Å². The second-order valence-electron chi connectivity index (χ2n) is 42.4. The van der Waals surface area contributed by atoms with E-state index in [4.69, 9.17) is 77.5 Å². The number of ether oxygens (including phenoxy) is 9. The van der Waals surface area contributed by atoms with Crippen molar-refractivity contribution < 1.29 is 76.8 Å². The van der Waals surface area contributed by atoms with E-state index < -0.39 is 58.9 Å². The minimum Gasteiger partial charge on any atom is -0.493 e. The Hall–Kier alpha value is -14.0. The van der Waals surface area contributed by atoms with Gasteiger partial charge in [-0.25, -0.2) is 14.8 Å². The summed E-state index contributed by atoms with van der Waals surface area (Å²) in [6, 6.07) is 47.5. The maximum absolute atomic E-state index is 13.1. The van der Waals surface area contributed by atoms with Gasteiger partial charge in [0.1, 0.15) is 47.0 Å². The lowest BCUT2D eigenvalue weighted by Gasteiger charge is -2.30. The van der Waals surface area contributed by atoms with Crippen molar-refractivity contribution in [2.75, 3.05) is 33.0 Å². The summed E-state index contributed by atoms with van der Waals surface area (Å²) >= 11 is 0. The topological polar surface area (TPSA) is 312 Å². The molecule has 5 aliphatic rings. The molecular weight excluding hydrogens is 1820 g/mol. The molecular formula is C121H128N8O16. The summed E-state index contributed by atoms with van der Waals surface area (Å²) < 4.78 is 55.1. The summed E-state index contributed by atoms with van der Waals surface area (Å²) in [6.45, 7) is 44.3. The second kappa shape index (κ2) is 40.5. The minimum atomic E-state index is -1.22. The first kappa shape index (κ1) is 102. The largest absolute Gasteiger partial charge is 0.493 e. The Kier molecular flexibility index (Phi) is 28.6. The molecule has 748 valence electrons. The molecule has 145 heavy (non-hydrogen) atoms. The molecule has 21 rings (SSSR count). The molecule has 0 amide bonds. The number of Topliss-reactive ketones (excluding diaryl/α,β-unsaturated/α-hetero) is 4. The highest BCUT2D eigenvalue weighted by atomic mass is 16.5. The number of fused-ring (bicyclic) bond motifs is 4. The van der Waals surface area contributed by atoms with E-state index in [1.165, 1.54) is 36.5 Å². The van der Waals surface area contributed by atoms with Crippen LogP contribution < -0.4 is 23.7 Å². The Labute approximate surface area is 845 Å².